The van der Waals surface area contributed by atoms with E-state index in [1.165, 1.54) is 0 Å². The Morgan fingerprint density at radius 1 is 1.05 bits per heavy atom. The lowest BCUT2D eigenvalue weighted by atomic mass is 9.63. The summed E-state index contributed by atoms with van der Waals surface area (Å²) in [4.78, 5) is 44.8. The molecular weight excluding hydrogens is 480 g/mol. The lowest BCUT2D eigenvalue weighted by Crippen LogP contribution is -2.60. The average molecular weight is 519 g/mol. The predicted molar refractivity (Wildman–Crippen MR) is 143 cm³/mol. The largest absolute Gasteiger partial charge is 0.462 e. The van der Waals surface area contributed by atoms with Crippen molar-refractivity contribution in [3.63, 3.8) is 0 Å². The van der Waals surface area contributed by atoms with E-state index >= 15 is 4.79 Å². The van der Waals surface area contributed by atoms with Crippen LogP contribution in [0.2, 0.25) is 0 Å². The molecule has 0 bridgehead atoms. The zero-order valence-electron chi connectivity index (χ0n) is 23.0. The molecule has 1 amide bonds. The molecule has 7 heteroatoms. The molecule has 2 aliphatic carbocycles. The molecule has 0 saturated heterocycles. The Morgan fingerprint density at radius 3 is 2.42 bits per heavy atom. The van der Waals surface area contributed by atoms with Crippen molar-refractivity contribution in [3.8, 4) is 0 Å². The van der Waals surface area contributed by atoms with Gasteiger partial charge in [0, 0.05) is 23.9 Å². The number of amides is 1. The number of ether oxygens (including phenoxy) is 2. The van der Waals surface area contributed by atoms with Gasteiger partial charge in [-0.25, -0.2) is 4.79 Å². The number of Topliss-reactive ketones (excluding diaryl/α,β-unsaturated/α-hetero) is 1. The first-order valence-corrected chi connectivity index (χ1v) is 14.2. The van der Waals surface area contributed by atoms with E-state index in [-0.39, 0.29) is 46.3 Å². The van der Waals surface area contributed by atoms with E-state index in [9.17, 15) is 9.59 Å². The maximum absolute atomic E-state index is 15.3. The van der Waals surface area contributed by atoms with Gasteiger partial charge in [-0.2, -0.15) is 0 Å². The summed E-state index contributed by atoms with van der Waals surface area (Å²) in [6.45, 7) is 8.37. The lowest BCUT2D eigenvalue weighted by Gasteiger charge is -2.52. The number of hydrogen-bond donors (Lipinski definition) is 1. The second-order valence-electron chi connectivity index (χ2n) is 12.4. The summed E-state index contributed by atoms with van der Waals surface area (Å²) in [6.07, 6.45) is 8.43. The molecule has 1 aromatic carbocycles. The number of allylic oxidation sites excluding steroid dienone is 1. The van der Waals surface area contributed by atoms with Crippen LogP contribution in [-0.2, 0) is 34.7 Å². The molecule has 0 aromatic heterocycles. The molecule has 7 nitrogen and oxygen atoms in total. The van der Waals surface area contributed by atoms with Gasteiger partial charge in [0.25, 0.3) is 0 Å². The van der Waals surface area contributed by atoms with Gasteiger partial charge >= 0.3 is 5.97 Å². The van der Waals surface area contributed by atoms with Gasteiger partial charge in [0.15, 0.2) is 5.78 Å². The Hall–Kier alpha value is -3.09. The minimum Gasteiger partial charge on any atom is -0.462 e. The molecule has 2 spiro atoms. The molecule has 38 heavy (non-hydrogen) atoms. The summed E-state index contributed by atoms with van der Waals surface area (Å²) in [7, 11) is 0. The summed E-state index contributed by atoms with van der Waals surface area (Å²) < 4.78 is 11.5. The Bertz CT molecular complexity index is 1330. The number of carbonyl (C=O) groups is 3. The number of nitrogens with zero attached hydrogens (tertiary/aromatic N) is 1. The minimum atomic E-state index is -1.66. The van der Waals surface area contributed by atoms with Crippen molar-refractivity contribution in [3.05, 3.63) is 51.6 Å². The first kappa shape index (κ1) is 25.2. The van der Waals surface area contributed by atoms with Crippen molar-refractivity contribution < 1.29 is 23.9 Å². The van der Waals surface area contributed by atoms with Crippen LogP contribution >= 0.6 is 0 Å². The van der Waals surface area contributed by atoms with Crippen LogP contribution in [0.15, 0.2) is 34.9 Å². The maximum atomic E-state index is 15.3. The summed E-state index contributed by atoms with van der Waals surface area (Å²) in [6, 6.07) is 4.17. The van der Waals surface area contributed by atoms with Crippen LogP contribution in [0.5, 0.6) is 0 Å². The molecule has 3 heterocycles. The first-order valence-electron chi connectivity index (χ1n) is 14.2. The average Bonchev–Trinajstić information content (AvgIpc) is 2.97. The molecule has 1 aromatic rings. The summed E-state index contributed by atoms with van der Waals surface area (Å²) >= 11 is 0. The molecule has 2 N–H and O–H groups in total. The number of nitrogens with two attached hydrogens (primary N) is 1. The highest BCUT2D eigenvalue weighted by atomic mass is 16.5. The fourth-order valence-electron chi connectivity index (χ4n) is 8.21. The van der Waals surface area contributed by atoms with Gasteiger partial charge in [-0.3, -0.25) is 9.59 Å². The molecule has 3 aliphatic heterocycles. The summed E-state index contributed by atoms with van der Waals surface area (Å²) in [5, 5.41) is 0. The Balaban J connectivity index is 1.74. The van der Waals surface area contributed by atoms with Crippen LogP contribution in [0, 0.1) is 6.92 Å². The molecule has 5 aliphatic rings. The number of anilines is 1. The third-order valence-corrected chi connectivity index (χ3v) is 9.49. The van der Waals surface area contributed by atoms with Crippen LogP contribution in [-0.4, -0.2) is 29.8 Å². The third-order valence-electron chi connectivity index (χ3n) is 9.49. The Labute approximate surface area is 224 Å². The van der Waals surface area contributed by atoms with Gasteiger partial charge in [-0.05, 0) is 50.5 Å². The van der Waals surface area contributed by atoms with E-state index in [2.05, 4.69) is 19.9 Å². The number of hydrogen-bond acceptors (Lipinski definition) is 6. The highest BCUT2D eigenvalue weighted by Gasteiger charge is 2.68. The van der Waals surface area contributed by atoms with Crippen molar-refractivity contribution in [1.82, 2.24) is 0 Å². The molecule has 0 radical (unpaired) electrons. The number of ketones is 1. The van der Waals surface area contributed by atoms with Crippen LogP contribution in [0.1, 0.15) is 102 Å². The van der Waals surface area contributed by atoms with Crippen LogP contribution in [0.3, 0.4) is 0 Å². The predicted octanol–water partition coefficient (Wildman–Crippen LogP) is 5.12. The fourth-order valence-corrected chi connectivity index (χ4v) is 8.21. The van der Waals surface area contributed by atoms with Gasteiger partial charge < -0.3 is 20.1 Å². The van der Waals surface area contributed by atoms with Gasteiger partial charge in [-0.1, -0.05) is 57.2 Å². The molecule has 1 unspecified atom stereocenters. The normalized spacial score (nSPS) is 27.3. The summed E-state index contributed by atoms with van der Waals surface area (Å²) in [5.41, 5.74) is 8.14. The number of carbonyl (C=O) groups excluding carboxylic acids is 3. The smallest absolute Gasteiger partial charge is 0.341 e. The molecule has 202 valence electrons. The minimum absolute atomic E-state index is 0.0397. The van der Waals surface area contributed by atoms with Crippen molar-refractivity contribution in [1.29, 1.82) is 0 Å². The van der Waals surface area contributed by atoms with E-state index < -0.39 is 11.4 Å². The zero-order chi connectivity index (χ0) is 27.0. The van der Waals surface area contributed by atoms with Crippen molar-refractivity contribution >= 4 is 23.3 Å². The van der Waals surface area contributed by atoms with Crippen LogP contribution < -0.4 is 10.6 Å². The Morgan fingerprint density at radius 2 is 1.74 bits per heavy atom. The van der Waals surface area contributed by atoms with Crippen molar-refractivity contribution in [2.45, 2.75) is 108 Å². The Kier molecular flexibility index (Phi) is 5.61. The SMILES string of the molecule is CCOC(=O)C1=C(N)OC2=C(C(=O)CCC2)C12C(=O)N1c3c(cc(C)cc32)C(C)(C)CC12CCCCCC2. The molecule has 6 rings (SSSR count). The topological polar surface area (TPSA) is 98.9 Å². The number of benzene rings is 1. The van der Waals surface area contributed by atoms with Crippen LogP contribution in [0.4, 0.5) is 5.69 Å². The molecular formula is C31H38N2O5. The summed E-state index contributed by atoms with van der Waals surface area (Å²) in [5.74, 6) is -0.807. The quantitative estimate of drug-likeness (QED) is 0.546. The molecule has 1 atom stereocenters. The second-order valence-corrected chi connectivity index (χ2v) is 12.4. The van der Waals surface area contributed by atoms with Gasteiger partial charge in [0.2, 0.25) is 11.8 Å². The van der Waals surface area contributed by atoms with E-state index in [1.54, 1.807) is 6.92 Å². The third kappa shape index (κ3) is 3.16. The highest BCUT2D eigenvalue weighted by Crippen LogP contribution is 2.64. The van der Waals surface area contributed by atoms with E-state index in [4.69, 9.17) is 15.2 Å². The van der Waals surface area contributed by atoms with E-state index in [0.29, 0.717) is 30.6 Å². The van der Waals surface area contributed by atoms with E-state index in [0.717, 1.165) is 61.8 Å². The van der Waals surface area contributed by atoms with Gasteiger partial charge in [0.05, 0.1) is 17.9 Å². The van der Waals surface area contributed by atoms with Gasteiger partial charge in [0.1, 0.15) is 16.7 Å². The highest BCUT2D eigenvalue weighted by molar-refractivity contribution is 6.24. The number of rotatable bonds is 2. The van der Waals surface area contributed by atoms with Crippen LogP contribution in [0.25, 0.3) is 0 Å². The first-order chi connectivity index (χ1) is 18.1. The second kappa shape index (κ2) is 8.45. The molecule has 1 saturated carbocycles. The van der Waals surface area contributed by atoms with E-state index in [1.807, 2.05) is 17.9 Å². The maximum Gasteiger partial charge on any atom is 0.341 e. The fraction of sp³-hybridized carbons (Fsp3) is 0.581. The number of esters is 1. The van der Waals surface area contributed by atoms with Crippen molar-refractivity contribution in [2.75, 3.05) is 11.5 Å². The lowest BCUT2D eigenvalue weighted by molar-refractivity contribution is -0.141. The standard InChI is InChI=1S/C31H38N2O5/c1-5-37-27(35)24-26(32)38-22-12-10-11-21(34)23(22)31(24)20-16-18(2)15-19-25(20)33(28(31)36)30(17-29(19,3)4)13-8-6-7-9-14-30/h15-16H,5-14,17,32H2,1-4H3. The zero-order valence-corrected chi connectivity index (χ0v) is 23.0. The molecule has 1 fully saturated rings. The van der Waals surface area contributed by atoms with Crippen molar-refractivity contribution in [2.24, 2.45) is 5.73 Å². The monoisotopic (exact) mass is 518 g/mol. The number of aryl methyl sites for hydroxylation is 1. The van der Waals surface area contributed by atoms with Gasteiger partial charge in [-0.15, -0.1) is 0 Å². The number of fused-ring (bicyclic) bond motifs is 3.